The van der Waals surface area contributed by atoms with E-state index >= 15 is 0 Å². The van der Waals surface area contributed by atoms with E-state index < -0.39 is 17.5 Å². The minimum absolute atomic E-state index is 0.120. The lowest BCUT2D eigenvalue weighted by molar-refractivity contribution is 0.0295. The van der Waals surface area contributed by atoms with Crippen molar-refractivity contribution in [3.8, 4) is 11.3 Å². The van der Waals surface area contributed by atoms with Crippen molar-refractivity contribution in [2.45, 2.75) is 19.1 Å². The zero-order valence-electron chi connectivity index (χ0n) is 18.0. The molecule has 1 saturated heterocycles. The van der Waals surface area contributed by atoms with Gasteiger partial charge in [0, 0.05) is 31.6 Å². The van der Waals surface area contributed by atoms with Crippen LogP contribution in [0.4, 0.5) is 19.1 Å². The number of anilines is 1. The number of fused-ring (bicyclic) bond motifs is 1. The molecule has 0 saturated carbocycles. The van der Waals surface area contributed by atoms with Gasteiger partial charge in [0.1, 0.15) is 5.82 Å². The van der Waals surface area contributed by atoms with Crippen LogP contribution in [0.5, 0.6) is 0 Å². The van der Waals surface area contributed by atoms with Crippen LogP contribution in [0.2, 0.25) is 5.02 Å². The van der Waals surface area contributed by atoms with Crippen LogP contribution < -0.4 is 10.6 Å². The summed E-state index contributed by atoms with van der Waals surface area (Å²) in [5.74, 6) is -1.98. The number of benzene rings is 2. The van der Waals surface area contributed by atoms with Gasteiger partial charge in [0.2, 0.25) is 5.95 Å². The highest BCUT2D eigenvalue weighted by Gasteiger charge is 2.24. The van der Waals surface area contributed by atoms with Gasteiger partial charge in [-0.1, -0.05) is 23.7 Å². The molecule has 2 aromatic heterocycles. The third-order valence-electron chi connectivity index (χ3n) is 5.72. The summed E-state index contributed by atoms with van der Waals surface area (Å²) in [5, 5.41) is 6.61. The molecule has 0 aliphatic carbocycles. The largest absolute Gasteiger partial charge is 0.375 e. The second-order valence-corrected chi connectivity index (χ2v) is 8.44. The molecular weight excluding hydrogens is 467 g/mol. The van der Waals surface area contributed by atoms with Crippen LogP contribution in [-0.2, 0) is 17.7 Å². The van der Waals surface area contributed by atoms with E-state index in [9.17, 15) is 13.2 Å². The Morgan fingerprint density at radius 3 is 2.76 bits per heavy atom. The molecule has 0 bridgehead atoms. The topological polar surface area (TPSA) is 74.9 Å². The number of hydrogen-bond acceptors (Lipinski definition) is 5. The highest BCUT2D eigenvalue weighted by Crippen LogP contribution is 2.36. The maximum Gasteiger partial charge on any atom is 0.223 e. The third kappa shape index (κ3) is 4.59. The minimum Gasteiger partial charge on any atom is -0.375 e. The molecule has 0 spiro atoms. The normalized spacial score (nSPS) is 16.2. The summed E-state index contributed by atoms with van der Waals surface area (Å²) in [4.78, 5) is 12.2. The zero-order valence-corrected chi connectivity index (χ0v) is 18.7. The summed E-state index contributed by atoms with van der Waals surface area (Å²) in [6.45, 7) is 2.21. The average molecular weight is 488 g/mol. The molecule has 0 radical (unpaired) electrons. The molecule has 1 fully saturated rings. The number of aromatic amines is 1. The van der Waals surface area contributed by atoms with Crippen molar-refractivity contribution in [3.63, 3.8) is 0 Å². The molecule has 176 valence electrons. The number of halogens is 4. The second-order valence-electron chi connectivity index (χ2n) is 8.03. The molecule has 1 aliphatic heterocycles. The average Bonchev–Trinajstić information content (AvgIpc) is 3.17. The molecule has 6 nitrogen and oxygen atoms in total. The molecule has 4 aromatic rings. The van der Waals surface area contributed by atoms with E-state index in [-0.39, 0.29) is 23.2 Å². The molecule has 10 heteroatoms. The predicted molar refractivity (Wildman–Crippen MR) is 124 cm³/mol. The van der Waals surface area contributed by atoms with E-state index in [1.165, 1.54) is 12.1 Å². The number of aromatic nitrogens is 3. The van der Waals surface area contributed by atoms with E-state index in [0.29, 0.717) is 47.8 Å². The van der Waals surface area contributed by atoms with E-state index in [1.54, 1.807) is 18.3 Å². The highest BCUT2D eigenvalue weighted by atomic mass is 35.5. The van der Waals surface area contributed by atoms with Gasteiger partial charge < -0.3 is 20.4 Å². The predicted octanol–water partition coefficient (Wildman–Crippen LogP) is 4.84. The minimum atomic E-state index is -0.920. The first kappa shape index (κ1) is 22.6. The summed E-state index contributed by atoms with van der Waals surface area (Å²) in [6, 6.07) is 8.22. The number of ether oxygens (including phenoxy) is 1. The lowest BCUT2D eigenvalue weighted by Gasteiger charge is -2.24. The lowest BCUT2D eigenvalue weighted by Crippen LogP contribution is -2.39. The molecule has 34 heavy (non-hydrogen) atoms. The van der Waals surface area contributed by atoms with Gasteiger partial charge in [0.25, 0.3) is 0 Å². The van der Waals surface area contributed by atoms with Crippen LogP contribution >= 0.6 is 11.6 Å². The molecule has 1 atom stereocenters. The summed E-state index contributed by atoms with van der Waals surface area (Å²) in [6.07, 6.45) is 1.95. The number of nitrogens with zero attached hydrogens (tertiary/aromatic N) is 2. The number of rotatable bonds is 6. The van der Waals surface area contributed by atoms with Crippen molar-refractivity contribution in [2.75, 3.05) is 25.0 Å². The monoisotopic (exact) mass is 487 g/mol. The van der Waals surface area contributed by atoms with Crippen LogP contribution in [0.1, 0.15) is 11.1 Å². The van der Waals surface area contributed by atoms with E-state index in [0.717, 1.165) is 24.2 Å². The van der Waals surface area contributed by atoms with Gasteiger partial charge in [-0.2, -0.15) is 0 Å². The van der Waals surface area contributed by atoms with E-state index in [1.807, 2.05) is 0 Å². The molecular formula is C24H21ClF3N5O. The lowest BCUT2D eigenvalue weighted by atomic mass is 10.0. The number of hydrogen-bond donors (Lipinski definition) is 3. The molecule has 5 rings (SSSR count). The van der Waals surface area contributed by atoms with Crippen molar-refractivity contribution in [1.29, 1.82) is 0 Å². The molecule has 3 heterocycles. The van der Waals surface area contributed by atoms with Crippen molar-refractivity contribution >= 4 is 28.6 Å². The first-order valence-corrected chi connectivity index (χ1v) is 11.2. The Hall–Kier alpha value is -3.14. The fourth-order valence-corrected chi connectivity index (χ4v) is 4.33. The summed E-state index contributed by atoms with van der Waals surface area (Å²) in [5.41, 5.74) is 3.31. The van der Waals surface area contributed by atoms with Gasteiger partial charge in [0.05, 0.1) is 46.2 Å². The standard InChI is InChI=1S/C24H21ClF3N5O/c25-16-2-1-3-18(27)21(16)23-15(9-14-11-29-6-7-34-14)22-20(32-23)12-31-24(33-22)30-10-13-4-5-17(26)19(28)8-13/h1-5,8,12,14,29,32H,6-7,9-11H2,(H,30,31,33). The number of morpholine rings is 1. The van der Waals surface area contributed by atoms with Crippen LogP contribution in [0.3, 0.4) is 0 Å². The second kappa shape index (κ2) is 9.61. The number of H-pyrrole nitrogens is 1. The van der Waals surface area contributed by atoms with Crippen LogP contribution in [0.15, 0.2) is 42.6 Å². The third-order valence-corrected chi connectivity index (χ3v) is 6.03. The summed E-state index contributed by atoms with van der Waals surface area (Å²) in [7, 11) is 0. The van der Waals surface area contributed by atoms with Crippen molar-refractivity contribution < 1.29 is 17.9 Å². The smallest absolute Gasteiger partial charge is 0.223 e. The summed E-state index contributed by atoms with van der Waals surface area (Å²) >= 11 is 6.37. The van der Waals surface area contributed by atoms with Crippen molar-refractivity contribution in [1.82, 2.24) is 20.3 Å². The first-order chi connectivity index (χ1) is 16.5. The fourth-order valence-electron chi connectivity index (χ4n) is 4.08. The number of nitrogens with one attached hydrogen (secondary N) is 3. The Labute approximate surface area is 198 Å². The Morgan fingerprint density at radius 2 is 2.00 bits per heavy atom. The van der Waals surface area contributed by atoms with Gasteiger partial charge in [-0.3, -0.25) is 0 Å². The maximum atomic E-state index is 14.8. The van der Waals surface area contributed by atoms with Crippen molar-refractivity contribution in [2.24, 2.45) is 0 Å². The van der Waals surface area contributed by atoms with Crippen LogP contribution in [0, 0.1) is 17.5 Å². The maximum absolute atomic E-state index is 14.8. The Kier molecular flexibility index (Phi) is 6.40. The van der Waals surface area contributed by atoms with Gasteiger partial charge in [0.15, 0.2) is 11.6 Å². The molecule has 3 N–H and O–H groups in total. The van der Waals surface area contributed by atoms with Crippen molar-refractivity contribution in [3.05, 3.63) is 76.2 Å². The SMILES string of the molecule is Fc1ccc(CNc2ncc3[nH]c(-c4c(F)cccc4Cl)c(CC4CNCCO4)c3n2)cc1F. The van der Waals surface area contributed by atoms with Gasteiger partial charge in [-0.25, -0.2) is 23.1 Å². The molecule has 1 unspecified atom stereocenters. The first-order valence-electron chi connectivity index (χ1n) is 10.8. The van der Waals surface area contributed by atoms with Gasteiger partial charge in [-0.05, 0) is 29.8 Å². The van der Waals surface area contributed by atoms with Crippen LogP contribution in [-0.4, -0.2) is 40.8 Å². The Bertz CT molecular complexity index is 1320. The zero-order chi connectivity index (χ0) is 23.7. The molecule has 2 aromatic carbocycles. The Morgan fingerprint density at radius 1 is 1.12 bits per heavy atom. The highest BCUT2D eigenvalue weighted by molar-refractivity contribution is 6.33. The summed E-state index contributed by atoms with van der Waals surface area (Å²) < 4.78 is 47.4. The van der Waals surface area contributed by atoms with E-state index in [4.69, 9.17) is 16.3 Å². The quantitative estimate of drug-likeness (QED) is 0.363. The van der Waals surface area contributed by atoms with Gasteiger partial charge in [-0.15, -0.1) is 0 Å². The molecule has 0 amide bonds. The van der Waals surface area contributed by atoms with Gasteiger partial charge >= 0.3 is 0 Å². The van der Waals surface area contributed by atoms with Crippen LogP contribution in [0.25, 0.3) is 22.3 Å². The molecule has 1 aliphatic rings. The fraction of sp³-hybridized carbons (Fsp3) is 0.250. The van der Waals surface area contributed by atoms with E-state index in [2.05, 4.69) is 25.6 Å². The Balaban J connectivity index is 1.52.